The monoisotopic (exact) mass is 279 g/mol. The number of carbonyl (C=O) groups is 1. The van der Waals surface area contributed by atoms with Gasteiger partial charge in [0.05, 0.1) is 5.56 Å². The second-order valence-corrected chi connectivity index (χ2v) is 5.33. The molecule has 1 aromatic rings. The Morgan fingerprint density at radius 3 is 2.45 bits per heavy atom. The third kappa shape index (κ3) is 5.65. The topological polar surface area (TPSA) is 78.8 Å². The highest BCUT2D eigenvalue weighted by molar-refractivity contribution is 5.67. The number of phenols is 2. The van der Waals surface area contributed by atoms with Crippen molar-refractivity contribution in [3.05, 3.63) is 29.8 Å². The second-order valence-electron chi connectivity index (χ2n) is 5.33. The van der Waals surface area contributed by atoms with Gasteiger partial charge in [-0.05, 0) is 39.3 Å². The van der Waals surface area contributed by atoms with Crippen LogP contribution in [0, 0.1) is 0 Å². The number of alkyl carbamates (subject to hydrolysis) is 1. The number of nitrogens with one attached hydrogen (secondary N) is 1. The third-order valence-corrected chi connectivity index (χ3v) is 2.32. The van der Waals surface area contributed by atoms with Crippen molar-refractivity contribution < 1.29 is 19.7 Å². The quantitative estimate of drug-likeness (QED) is 0.740. The Morgan fingerprint density at radius 2 is 1.90 bits per heavy atom. The lowest BCUT2D eigenvalue weighted by Gasteiger charge is -2.19. The van der Waals surface area contributed by atoms with Gasteiger partial charge in [-0.15, -0.1) is 0 Å². The molecule has 0 saturated heterocycles. The molecule has 0 bridgehead atoms. The second kappa shape index (κ2) is 6.84. The summed E-state index contributed by atoms with van der Waals surface area (Å²) < 4.78 is 5.09. The minimum atomic E-state index is -0.512. The van der Waals surface area contributed by atoms with Crippen molar-refractivity contribution in [3.63, 3.8) is 0 Å². The Bertz CT molecular complexity index is 469. The van der Waals surface area contributed by atoms with Crippen molar-refractivity contribution in [3.8, 4) is 11.5 Å². The molecule has 5 heteroatoms. The predicted molar refractivity (Wildman–Crippen MR) is 77.7 cm³/mol. The van der Waals surface area contributed by atoms with Gasteiger partial charge < -0.3 is 20.3 Å². The molecule has 0 spiro atoms. The van der Waals surface area contributed by atoms with Gasteiger partial charge in [-0.3, -0.25) is 0 Å². The van der Waals surface area contributed by atoms with E-state index in [1.165, 1.54) is 12.1 Å². The zero-order valence-corrected chi connectivity index (χ0v) is 12.0. The van der Waals surface area contributed by atoms with Gasteiger partial charge in [0, 0.05) is 6.54 Å². The number of benzene rings is 1. The van der Waals surface area contributed by atoms with Crippen LogP contribution in [0.4, 0.5) is 4.79 Å². The normalized spacial score (nSPS) is 11.6. The molecule has 0 radical (unpaired) electrons. The Morgan fingerprint density at radius 1 is 1.30 bits per heavy atom. The molecule has 1 rings (SSSR count). The van der Waals surface area contributed by atoms with Gasteiger partial charge in [-0.25, -0.2) is 4.79 Å². The zero-order chi connectivity index (χ0) is 15.2. The number of amides is 1. The smallest absolute Gasteiger partial charge is 0.407 e. The van der Waals surface area contributed by atoms with Crippen molar-refractivity contribution in [1.29, 1.82) is 0 Å². The maximum atomic E-state index is 11.4. The van der Waals surface area contributed by atoms with Gasteiger partial charge in [0.2, 0.25) is 0 Å². The molecule has 0 atom stereocenters. The summed E-state index contributed by atoms with van der Waals surface area (Å²) in [6, 6.07) is 4.56. The molecule has 0 fully saturated rings. The van der Waals surface area contributed by atoms with Gasteiger partial charge in [0.1, 0.15) is 17.1 Å². The molecule has 5 nitrogen and oxygen atoms in total. The van der Waals surface area contributed by atoms with Crippen LogP contribution in [0.3, 0.4) is 0 Å². The van der Waals surface area contributed by atoms with Crippen LogP contribution in [-0.4, -0.2) is 28.5 Å². The molecule has 0 aromatic heterocycles. The number of hydrogen-bond acceptors (Lipinski definition) is 4. The SMILES string of the molecule is CC(C)(C)OC(=O)NCCC=Cc1c(O)cccc1O. The maximum absolute atomic E-state index is 11.4. The van der Waals surface area contributed by atoms with E-state index in [9.17, 15) is 15.0 Å². The molecular weight excluding hydrogens is 258 g/mol. The summed E-state index contributed by atoms with van der Waals surface area (Å²) >= 11 is 0. The molecule has 3 N–H and O–H groups in total. The Balaban J connectivity index is 2.38. The molecule has 1 aromatic carbocycles. The lowest BCUT2D eigenvalue weighted by atomic mass is 10.1. The molecular formula is C15H21NO4. The number of hydrogen-bond donors (Lipinski definition) is 3. The van der Waals surface area contributed by atoms with Gasteiger partial charge >= 0.3 is 6.09 Å². The van der Waals surface area contributed by atoms with Crippen molar-refractivity contribution >= 4 is 12.2 Å². The Hall–Kier alpha value is -2.17. The van der Waals surface area contributed by atoms with Crippen LogP contribution in [0.15, 0.2) is 24.3 Å². The highest BCUT2D eigenvalue weighted by Gasteiger charge is 2.15. The molecule has 0 aliphatic carbocycles. The van der Waals surface area contributed by atoms with Crippen molar-refractivity contribution in [2.45, 2.75) is 32.8 Å². The predicted octanol–water partition coefficient (Wildman–Crippen LogP) is 3.03. The van der Waals surface area contributed by atoms with E-state index in [0.29, 0.717) is 18.5 Å². The first-order valence-corrected chi connectivity index (χ1v) is 6.44. The lowest BCUT2D eigenvalue weighted by Crippen LogP contribution is -2.32. The van der Waals surface area contributed by atoms with Crippen molar-refractivity contribution in [2.24, 2.45) is 0 Å². The Labute approximate surface area is 118 Å². The van der Waals surface area contributed by atoms with Crippen LogP contribution < -0.4 is 5.32 Å². The highest BCUT2D eigenvalue weighted by Crippen LogP contribution is 2.27. The van der Waals surface area contributed by atoms with E-state index in [1.807, 2.05) is 0 Å². The number of rotatable bonds is 4. The van der Waals surface area contributed by atoms with E-state index in [4.69, 9.17) is 4.74 Å². The summed E-state index contributed by atoms with van der Waals surface area (Å²) in [5.74, 6) is 0.0303. The largest absolute Gasteiger partial charge is 0.507 e. The third-order valence-electron chi connectivity index (χ3n) is 2.32. The number of ether oxygens (including phenoxy) is 1. The van der Waals surface area contributed by atoms with Crippen LogP contribution in [0.2, 0.25) is 0 Å². The van der Waals surface area contributed by atoms with Gasteiger partial charge in [0.25, 0.3) is 0 Å². The molecule has 110 valence electrons. The average molecular weight is 279 g/mol. The summed E-state index contributed by atoms with van der Waals surface area (Å²) in [5.41, 5.74) is -0.147. The van der Waals surface area contributed by atoms with Crippen molar-refractivity contribution in [1.82, 2.24) is 5.32 Å². The van der Waals surface area contributed by atoms with E-state index >= 15 is 0 Å². The zero-order valence-electron chi connectivity index (χ0n) is 12.0. The van der Waals surface area contributed by atoms with Gasteiger partial charge in [-0.1, -0.05) is 18.2 Å². The van der Waals surface area contributed by atoms with Crippen molar-refractivity contribution in [2.75, 3.05) is 6.54 Å². The number of carbonyl (C=O) groups excluding carboxylic acids is 1. The summed E-state index contributed by atoms with van der Waals surface area (Å²) in [7, 11) is 0. The average Bonchev–Trinajstić information content (AvgIpc) is 2.29. The van der Waals surface area contributed by atoms with Gasteiger partial charge in [0.15, 0.2) is 0 Å². The summed E-state index contributed by atoms with van der Waals surface area (Å²) in [4.78, 5) is 11.4. The molecule has 0 aliphatic heterocycles. The fourth-order valence-corrected chi connectivity index (χ4v) is 1.48. The first-order valence-electron chi connectivity index (χ1n) is 6.44. The first kappa shape index (κ1) is 15.9. The van der Waals surface area contributed by atoms with E-state index in [2.05, 4.69) is 5.32 Å². The van der Waals surface area contributed by atoms with Crippen LogP contribution in [0.25, 0.3) is 6.08 Å². The molecule has 0 unspecified atom stereocenters. The lowest BCUT2D eigenvalue weighted by molar-refractivity contribution is 0.0529. The number of phenolic OH excluding ortho intramolecular Hbond substituents is 2. The standard InChI is InChI=1S/C15H21NO4/c1-15(2,3)20-14(19)16-10-5-4-7-11-12(17)8-6-9-13(11)18/h4,6-9,17-18H,5,10H2,1-3H3,(H,16,19). The molecule has 1 amide bonds. The molecule has 0 saturated carbocycles. The minimum absolute atomic E-state index is 0.0151. The van der Waals surface area contributed by atoms with Crippen LogP contribution in [-0.2, 0) is 4.74 Å². The van der Waals surface area contributed by atoms with E-state index in [-0.39, 0.29) is 11.5 Å². The minimum Gasteiger partial charge on any atom is -0.507 e. The highest BCUT2D eigenvalue weighted by atomic mass is 16.6. The summed E-state index contributed by atoms with van der Waals surface area (Å²) in [6.45, 7) is 5.81. The van der Waals surface area contributed by atoms with Gasteiger partial charge in [-0.2, -0.15) is 0 Å². The van der Waals surface area contributed by atoms with Crippen LogP contribution in [0.5, 0.6) is 11.5 Å². The molecule has 0 heterocycles. The summed E-state index contributed by atoms with van der Waals surface area (Å²) in [5, 5.41) is 21.7. The van der Waals surface area contributed by atoms with E-state index in [1.54, 1.807) is 39.0 Å². The fourth-order valence-electron chi connectivity index (χ4n) is 1.48. The fraction of sp³-hybridized carbons (Fsp3) is 0.400. The van der Waals surface area contributed by atoms with Crippen LogP contribution >= 0.6 is 0 Å². The first-order chi connectivity index (χ1) is 9.29. The van der Waals surface area contributed by atoms with E-state index < -0.39 is 11.7 Å². The van der Waals surface area contributed by atoms with E-state index in [0.717, 1.165) is 0 Å². The maximum Gasteiger partial charge on any atom is 0.407 e. The molecule has 0 aliphatic rings. The summed E-state index contributed by atoms with van der Waals surface area (Å²) in [6.07, 6.45) is 3.47. The Kier molecular flexibility index (Phi) is 5.43. The molecule has 20 heavy (non-hydrogen) atoms. The van der Waals surface area contributed by atoms with Crippen LogP contribution in [0.1, 0.15) is 32.8 Å². The number of aromatic hydroxyl groups is 2.